The van der Waals surface area contributed by atoms with Crippen molar-refractivity contribution in [3.05, 3.63) is 329 Å². The molecule has 1 fully saturated rings. The summed E-state index contributed by atoms with van der Waals surface area (Å²) >= 11 is 4.76. The first kappa shape index (κ1) is 66.4. The number of fused-ring (bicyclic) bond motifs is 16. The first-order valence-electron chi connectivity index (χ1n) is 35.6. The fourth-order valence-corrected chi connectivity index (χ4v) is 19.6. The number of hydrogen-bond donors (Lipinski definition) is 0. The standard InChI is InChI=1S/C46H26.C42H33BO2.C10H6I2.2CH4/c1-3-12-28(13-4-1)42-38-25-36-33-20-9-17-27-18-10-21-34(41(27)33)37(36)26-39(38)43(29-14-5-2-6-15-29)46-40-24-30-16-7-8-19-31(30)32-22-11-23-35(44(32)40)45(42)46;1-41(2)42(3,4)45-43(44-41)29-22-23-32-34(25-29)37(27-16-9-6-10-17-27)39-33-21-13-20-31-30-19-12-11-18-28(30)24-35(38(31)33)40(39)36(32)26-14-7-5-8-15-26;11-8-5-1-3-7-4-2-6-9(12)10(7)8;;/h1-26H;5-25H,1-4H3;1-6H;2*1H4. The maximum Gasteiger partial charge on any atom is 0.494 e. The smallest absolute Gasteiger partial charge is 0.399 e. The summed E-state index contributed by atoms with van der Waals surface area (Å²) in [5, 5.41) is 31.6. The van der Waals surface area contributed by atoms with E-state index in [1.807, 2.05) is 0 Å². The quantitative estimate of drug-likeness (QED) is 0.0971. The van der Waals surface area contributed by atoms with Gasteiger partial charge in [-0.15, -0.1) is 0 Å². The van der Waals surface area contributed by atoms with Crippen molar-refractivity contribution in [1.29, 1.82) is 0 Å². The van der Waals surface area contributed by atoms with Gasteiger partial charge >= 0.3 is 7.12 Å². The molecule has 0 atom stereocenters. The Balaban J connectivity index is 0.000000127. The molecule has 105 heavy (non-hydrogen) atoms. The van der Waals surface area contributed by atoms with Crippen LogP contribution in [-0.2, 0) is 9.31 Å². The van der Waals surface area contributed by atoms with Gasteiger partial charge in [0.1, 0.15) is 0 Å². The minimum atomic E-state index is -0.442. The van der Waals surface area contributed by atoms with Gasteiger partial charge in [0.15, 0.2) is 0 Å². The summed E-state index contributed by atoms with van der Waals surface area (Å²) in [5.74, 6) is 0. The van der Waals surface area contributed by atoms with Crippen LogP contribution in [0.5, 0.6) is 0 Å². The summed E-state index contributed by atoms with van der Waals surface area (Å²) in [6.07, 6.45) is 0. The van der Waals surface area contributed by atoms with Gasteiger partial charge in [0.2, 0.25) is 0 Å². The third-order valence-corrected chi connectivity index (χ3v) is 24.5. The maximum atomic E-state index is 6.57. The van der Waals surface area contributed by atoms with E-state index in [4.69, 9.17) is 9.31 Å². The minimum absolute atomic E-state index is 0. The molecule has 1 heterocycles. The molecule has 0 bridgehead atoms. The third kappa shape index (κ3) is 10.3. The Bertz CT molecular complexity index is 6810. The SMILES string of the molecule is C.C.CC1(C)OB(c2ccc3c(-c4ccccc4)c4c(c(-c5ccccc5)c3c2)-c2cccc3c2c-4cc2ccccc23)OC1(C)C.Ic1cccc2cccc(I)c12.c1ccc(-c2c3cc4c(cc3c(-c3ccccc3)c3c5cc6ccccc6c6cccc(c23)c65)c2cccc3cccc4c32)cc1. The van der Waals surface area contributed by atoms with Crippen molar-refractivity contribution in [2.75, 3.05) is 0 Å². The molecular formula is C100H73BI2O2. The Hall–Kier alpha value is -10.5. The molecule has 20 aromatic carbocycles. The molecule has 1 aliphatic carbocycles. The lowest BCUT2D eigenvalue weighted by molar-refractivity contribution is 0.00578. The van der Waals surface area contributed by atoms with Crippen LogP contribution in [0.1, 0.15) is 42.5 Å². The summed E-state index contributed by atoms with van der Waals surface area (Å²) in [7, 11) is -0.442. The molecule has 2 nitrogen and oxygen atoms in total. The Morgan fingerprint density at radius 3 is 1.12 bits per heavy atom. The van der Waals surface area contributed by atoms with Gasteiger partial charge in [0.05, 0.1) is 11.2 Å². The highest BCUT2D eigenvalue weighted by Crippen LogP contribution is 2.60. The predicted octanol–water partition coefficient (Wildman–Crippen LogP) is 28.9. The highest BCUT2D eigenvalue weighted by Gasteiger charge is 2.52. The molecule has 0 unspecified atom stereocenters. The normalized spacial score (nSPS) is 13.5. The van der Waals surface area contributed by atoms with E-state index in [0.717, 1.165) is 5.46 Å². The van der Waals surface area contributed by atoms with Crippen molar-refractivity contribution in [1.82, 2.24) is 0 Å². The molecule has 0 N–H and O–H groups in total. The van der Waals surface area contributed by atoms with Gasteiger partial charge in [-0.05, 0) is 305 Å². The molecule has 0 spiro atoms. The largest absolute Gasteiger partial charge is 0.494 e. The summed E-state index contributed by atoms with van der Waals surface area (Å²) in [4.78, 5) is 0. The highest BCUT2D eigenvalue weighted by molar-refractivity contribution is 14.1. The summed E-state index contributed by atoms with van der Waals surface area (Å²) in [6, 6.07) is 118. The van der Waals surface area contributed by atoms with Crippen LogP contribution < -0.4 is 5.46 Å². The van der Waals surface area contributed by atoms with Crippen LogP contribution >= 0.6 is 45.2 Å². The molecule has 20 aromatic rings. The first-order chi connectivity index (χ1) is 50.5. The number of rotatable bonds is 5. The van der Waals surface area contributed by atoms with Crippen molar-refractivity contribution in [2.45, 2.75) is 53.8 Å². The first-order valence-corrected chi connectivity index (χ1v) is 37.8. The van der Waals surface area contributed by atoms with Crippen LogP contribution in [0.2, 0.25) is 0 Å². The van der Waals surface area contributed by atoms with Crippen LogP contribution in [-0.4, -0.2) is 18.3 Å². The molecule has 5 heteroatoms. The summed E-state index contributed by atoms with van der Waals surface area (Å²) < 4.78 is 15.8. The second-order valence-electron chi connectivity index (χ2n) is 28.8. The summed E-state index contributed by atoms with van der Waals surface area (Å²) in [5.41, 5.74) is 15.5. The van der Waals surface area contributed by atoms with E-state index in [2.05, 4.69) is 394 Å². The fraction of sp³-hybridized carbons (Fsp3) is 0.0800. The average molecular weight is 1570 g/mol. The third-order valence-electron chi connectivity index (χ3n) is 22.7. The van der Waals surface area contributed by atoms with Crippen LogP contribution in [0, 0.1) is 7.14 Å². The van der Waals surface area contributed by atoms with E-state index in [1.165, 1.54) is 203 Å². The van der Waals surface area contributed by atoms with Gasteiger partial charge in [0.25, 0.3) is 0 Å². The molecule has 1 saturated heterocycles. The number of hydrogen-bond acceptors (Lipinski definition) is 2. The molecule has 2 aliphatic rings. The molecule has 22 rings (SSSR count). The lowest BCUT2D eigenvalue weighted by Crippen LogP contribution is -2.41. The topological polar surface area (TPSA) is 18.5 Å². The molecule has 1 aliphatic heterocycles. The molecule has 0 saturated carbocycles. The van der Waals surface area contributed by atoms with E-state index in [9.17, 15) is 0 Å². The number of halogens is 2. The van der Waals surface area contributed by atoms with E-state index in [0.29, 0.717) is 0 Å². The Morgan fingerprint density at radius 1 is 0.229 bits per heavy atom. The zero-order valence-electron chi connectivity index (χ0n) is 57.2. The second-order valence-corrected chi connectivity index (χ2v) is 31.2. The Labute approximate surface area is 640 Å². The molecular weight excluding hydrogens is 1500 g/mol. The van der Waals surface area contributed by atoms with Crippen molar-refractivity contribution in [3.8, 4) is 66.8 Å². The summed E-state index contributed by atoms with van der Waals surface area (Å²) in [6.45, 7) is 8.47. The zero-order chi connectivity index (χ0) is 69.0. The van der Waals surface area contributed by atoms with E-state index in [1.54, 1.807) is 0 Å². The molecule has 0 aromatic heterocycles. The van der Waals surface area contributed by atoms with Gasteiger partial charge in [0, 0.05) is 12.5 Å². The fourth-order valence-electron chi connectivity index (χ4n) is 17.5. The van der Waals surface area contributed by atoms with Gasteiger partial charge in [-0.25, -0.2) is 0 Å². The van der Waals surface area contributed by atoms with Crippen LogP contribution in [0.3, 0.4) is 0 Å². The van der Waals surface area contributed by atoms with E-state index in [-0.39, 0.29) is 14.9 Å². The monoisotopic (exact) mass is 1570 g/mol. The molecule has 502 valence electrons. The Morgan fingerprint density at radius 2 is 0.600 bits per heavy atom. The Kier molecular flexibility index (Phi) is 16.2. The van der Waals surface area contributed by atoms with Gasteiger partial charge in [-0.3, -0.25) is 0 Å². The lowest BCUT2D eigenvalue weighted by Gasteiger charge is -2.32. The number of benzene rings is 18. The van der Waals surface area contributed by atoms with Gasteiger partial charge in [-0.1, -0.05) is 300 Å². The van der Waals surface area contributed by atoms with Crippen LogP contribution in [0.15, 0.2) is 322 Å². The van der Waals surface area contributed by atoms with Crippen molar-refractivity contribution in [3.63, 3.8) is 0 Å². The van der Waals surface area contributed by atoms with Crippen molar-refractivity contribution < 1.29 is 9.31 Å². The molecule has 0 radical (unpaired) electrons. The highest BCUT2D eigenvalue weighted by atomic mass is 127. The maximum absolute atomic E-state index is 6.57. The van der Waals surface area contributed by atoms with Crippen molar-refractivity contribution in [2.24, 2.45) is 0 Å². The van der Waals surface area contributed by atoms with Crippen molar-refractivity contribution >= 4 is 187 Å². The average Bonchev–Trinajstić information content (AvgIpc) is 1.54. The zero-order valence-corrected chi connectivity index (χ0v) is 61.6. The van der Waals surface area contributed by atoms with Gasteiger partial charge in [-0.2, -0.15) is 0 Å². The van der Waals surface area contributed by atoms with E-state index >= 15 is 0 Å². The minimum Gasteiger partial charge on any atom is -0.399 e. The van der Waals surface area contributed by atoms with Crippen LogP contribution in [0.25, 0.3) is 196 Å². The lowest BCUT2D eigenvalue weighted by atomic mass is 9.75. The molecule has 0 amide bonds. The van der Waals surface area contributed by atoms with E-state index < -0.39 is 18.3 Å². The second kappa shape index (κ2) is 25.7. The van der Waals surface area contributed by atoms with Crippen LogP contribution in [0.4, 0.5) is 0 Å². The predicted molar refractivity (Wildman–Crippen MR) is 473 cm³/mol. The van der Waals surface area contributed by atoms with Gasteiger partial charge < -0.3 is 9.31 Å².